The zero-order chi connectivity index (χ0) is 12.2. The van der Waals surface area contributed by atoms with Crippen molar-refractivity contribution in [3.8, 4) is 6.07 Å². The lowest BCUT2D eigenvalue weighted by Crippen LogP contribution is -2.32. The van der Waals surface area contributed by atoms with Crippen LogP contribution in [0.15, 0.2) is 11.2 Å². The molecule has 1 aromatic rings. The largest absolute Gasteiger partial charge is 0.332 e. The normalized spacial score (nSPS) is 11.6. The maximum atomic E-state index is 12.0. The van der Waals surface area contributed by atoms with Crippen LogP contribution in [0.25, 0.3) is 0 Å². The van der Waals surface area contributed by atoms with Crippen molar-refractivity contribution in [2.75, 3.05) is 13.1 Å². The minimum absolute atomic E-state index is 0.0358. The number of nitrogens with zero attached hydrogens (tertiary/aromatic N) is 3. The second-order valence-electron chi connectivity index (χ2n) is 3.33. The highest BCUT2D eigenvalue weighted by Gasteiger charge is 2.25. The van der Waals surface area contributed by atoms with E-state index in [0.717, 1.165) is 4.31 Å². The first-order valence-corrected chi connectivity index (χ1v) is 6.35. The van der Waals surface area contributed by atoms with Gasteiger partial charge in [-0.15, -0.1) is 0 Å². The summed E-state index contributed by atoms with van der Waals surface area (Å²) in [4.78, 5) is 6.50. The number of hydrogen-bond donors (Lipinski definition) is 1. The number of aromatic nitrogens is 2. The molecule has 0 unspecified atom stereocenters. The molecule has 0 saturated heterocycles. The molecule has 0 atom stereocenters. The minimum atomic E-state index is -3.61. The first kappa shape index (κ1) is 12.7. The Morgan fingerprint density at radius 2 is 2.31 bits per heavy atom. The average molecular weight is 242 g/mol. The first-order valence-electron chi connectivity index (χ1n) is 4.91. The van der Waals surface area contributed by atoms with E-state index in [0.29, 0.717) is 18.8 Å². The average Bonchev–Trinajstić information content (AvgIpc) is 2.65. The molecule has 1 aromatic heterocycles. The smallest absolute Gasteiger partial charge is 0.261 e. The number of rotatable bonds is 5. The Morgan fingerprint density at radius 1 is 1.62 bits per heavy atom. The zero-order valence-electron chi connectivity index (χ0n) is 9.27. The lowest BCUT2D eigenvalue weighted by atomic mass is 10.5. The summed E-state index contributed by atoms with van der Waals surface area (Å²) in [5.41, 5.74) is 0. The monoisotopic (exact) mass is 242 g/mol. The Labute approximate surface area is 95.0 Å². The van der Waals surface area contributed by atoms with E-state index in [9.17, 15) is 8.42 Å². The number of nitriles is 1. The number of aromatic amines is 1. The SMILES string of the molecule is CCCN(CC#N)S(=O)(=O)c1cnc(C)[nH]1. The molecule has 0 aliphatic heterocycles. The van der Waals surface area contributed by atoms with Crippen LogP contribution < -0.4 is 0 Å². The Kier molecular flexibility index (Phi) is 4.04. The van der Waals surface area contributed by atoms with Crippen molar-refractivity contribution < 1.29 is 8.42 Å². The van der Waals surface area contributed by atoms with E-state index in [4.69, 9.17) is 5.26 Å². The fourth-order valence-corrected chi connectivity index (χ4v) is 2.67. The van der Waals surface area contributed by atoms with Crippen LogP contribution in [0.3, 0.4) is 0 Å². The Morgan fingerprint density at radius 3 is 2.75 bits per heavy atom. The molecule has 0 fully saturated rings. The quantitative estimate of drug-likeness (QED) is 0.767. The second-order valence-corrected chi connectivity index (χ2v) is 5.24. The standard InChI is InChI=1S/C9H14N4O2S/c1-3-5-13(6-4-10)16(14,15)9-7-11-8(2)12-9/h7H,3,5-6H2,1-2H3,(H,11,12). The predicted octanol–water partition coefficient (Wildman–Crippen LogP) is 0.642. The molecule has 88 valence electrons. The highest BCUT2D eigenvalue weighted by molar-refractivity contribution is 7.89. The molecule has 1 N–H and O–H groups in total. The van der Waals surface area contributed by atoms with Crippen molar-refractivity contribution in [3.05, 3.63) is 12.0 Å². The third-order valence-corrected chi connectivity index (χ3v) is 3.77. The summed E-state index contributed by atoms with van der Waals surface area (Å²) in [7, 11) is -3.61. The van der Waals surface area contributed by atoms with E-state index in [1.807, 2.05) is 13.0 Å². The fraction of sp³-hybridized carbons (Fsp3) is 0.556. The zero-order valence-corrected chi connectivity index (χ0v) is 10.1. The van der Waals surface area contributed by atoms with Gasteiger partial charge in [-0.25, -0.2) is 13.4 Å². The van der Waals surface area contributed by atoms with Gasteiger partial charge in [0.2, 0.25) is 0 Å². The molecule has 0 aromatic carbocycles. The van der Waals surface area contributed by atoms with Gasteiger partial charge in [0.25, 0.3) is 10.0 Å². The molecule has 1 heterocycles. The van der Waals surface area contributed by atoms with Crippen LogP contribution in [-0.2, 0) is 10.0 Å². The van der Waals surface area contributed by atoms with Crippen LogP contribution in [0.1, 0.15) is 19.2 Å². The topological polar surface area (TPSA) is 89.8 Å². The van der Waals surface area contributed by atoms with Gasteiger partial charge in [0.1, 0.15) is 12.4 Å². The molecule has 0 radical (unpaired) electrons. The molecule has 0 aliphatic rings. The van der Waals surface area contributed by atoms with Gasteiger partial charge in [0.15, 0.2) is 5.03 Å². The van der Waals surface area contributed by atoms with Crippen LogP contribution in [0.2, 0.25) is 0 Å². The van der Waals surface area contributed by atoms with Gasteiger partial charge < -0.3 is 4.98 Å². The number of sulfonamides is 1. The summed E-state index contributed by atoms with van der Waals surface area (Å²) in [6.07, 6.45) is 1.93. The van der Waals surface area contributed by atoms with Crippen molar-refractivity contribution in [1.29, 1.82) is 5.26 Å². The molecule has 0 saturated carbocycles. The number of nitrogens with one attached hydrogen (secondary N) is 1. The minimum Gasteiger partial charge on any atom is -0.332 e. The fourth-order valence-electron chi connectivity index (χ4n) is 1.28. The molecule has 1 rings (SSSR count). The van der Waals surface area contributed by atoms with Crippen molar-refractivity contribution in [2.24, 2.45) is 0 Å². The van der Waals surface area contributed by atoms with Gasteiger partial charge in [-0.3, -0.25) is 0 Å². The molecule has 0 aliphatic carbocycles. The van der Waals surface area contributed by atoms with E-state index in [1.165, 1.54) is 6.20 Å². The van der Waals surface area contributed by atoms with Gasteiger partial charge in [-0.1, -0.05) is 6.92 Å². The lowest BCUT2D eigenvalue weighted by Gasteiger charge is -2.16. The summed E-state index contributed by atoms with van der Waals surface area (Å²) >= 11 is 0. The molecular weight excluding hydrogens is 228 g/mol. The van der Waals surface area contributed by atoms with Crippen LogP contribution in [-0.4, -0.2) is 35.8 Å². The molecular formula is C9H14N4O2S. The summed E-state index contributed by atoms with van der Waals surface area (Å²) in [6.45, 7) is 3.72. The van der Waals surface area contributed by atoms with E-state index in [1.54, 1.807) is 6.92 Å². The van der Waals surface area contributed by atoms with Crippen LogP contribution >= 0.6 is 0 Å². The second kappa shape index (κ2) is 5.09. The number of imidazole rings is 1. The highest BCUT2D eigenvalue weighted by atomic mass is 32.2. The van der Waals surface area contributed by atoms with Crippen molar-refractivity contribution in [2.45, 2.75) is 25.3 Å². The van der Waals surface area contributed by atoms with Gasteiger partial charge in [-0.05, 0) is 13.3 Å². The highest BCUT2D eigenvalue weighted by Crippen LogP contribution is 2.13. The Hall–Kier alpha value is -1.39. The first-order chi connectivity index (χ1) is 7.52. The van der Waals surface area contributed by atoms with Crippen molar-refractivity contribution >= 4 is 10.0 Å². The van der Waals surface area contributed by atoms with Gasteiger partial charge in [-0.2, -0.15) is 9.57 Å². The maximum absolute atomic E-state index is 12.0. The summed E-state index contributed by atoms with van der Waals surface area (Å²) in [6, 6.07) is 1.85. The molecule has 6 nitrogen and oxygen atoms in total. The summed E-state index contributed by atoms with van der Waals surface area (Å²) in [5, 5.41) is 8.63. The molecule has 0 spiro atoms. The van der Waals surface area contributed by atoms with E-state index >= 15 is 0 Å². The molecule has 0 bridgehead atoms. The van der Waals surface area contributed by atoms with E-state index in [2.05, 4.69) is 9.97 Å². The van der Waals surface area contributed by atoms with Gasteiger partial charge in [0, 0.05) is 6.54 Å². The predicted molar refractivity (Wildman–Crippen MR) is 58.0 cm³/mol. The van der Waals surface area contributed by atoms with Crippen LogP contribution in [0.5, 0.6) is 0 Å². The Balaban J connectivity index is 3.03. The molecule has 16 heavy (non-hydrogen) atoms. The maximum Gasteiger partial charge on any atom is 0.261 e. The van der Waals surface area contributed by atoms with Crippen molar-refractivity contribution in [1.82, 2.24) is 14.3 Å². The number of hydrogen-bond acceptors (Lipinski definition) is 4. The third-order valence-electron chi connectivity index (χ3n) is 2.02. The summed E-state index contributed by atoms with van der Waals surface area (Å²) in [5.74, 6) is 0.534. The van der Waals surface area contributed by atoms with E-state index < -0.39 is 10.0 Å². The van der Waals surface area contributed by atoms with Gasteiger partial charge in [0.05, 0.1) is 12.3 Å². The van der Waals surface area contributed by atoms with Crippen molar-refractivity contribution in [3.63, 3.8) is 0 Å². The Bertz CT molecular complexity index is 486. The third kappa shape index (κ3) is 2.59. The van der Waals surface area contributed by atoms with Crippen LogP contribution in [0.4, 0.5) is 0 Å². The lowest BCUT2D eigenvalue weighted by molar-refractivity contribution is 0.442. The molecule has 7 heteroatoms. The van der Waals surface area contributed by atoms with Crippen LogP contribution in [0, 0.1) is 18.3 Å². The number of H-pyrrole nitrogens is 1. The summed E-state index contributed by atoms with van der Waals surface area (Å²) < 4.78 is 25.2. The number of aryl methyl sites for hydroxylation is 1. The van der Waals surface area contributed by atoms with E-state index in [-0.39, 0.29) is 11.6 Å². The van der Waals surface area contributed by atoms with Gasteiger partial charge >= 0.3 is 0 Å². The molecule has 0 amide bonds.